The lowest BCUT2D eigenvalue weighted by Crippen LogP contribution is -2.34. The molecule has 31 heavy (non-hydrogen) atoms. The van der Waals surface area contributed by atoms with Crippen molar-refractivity contribution in [3.63, 3.8) is 0 Å². The Morgan fingerprint density at radius 2 is 1.84 bits per heavy atom. The van der Waals surface area contributed by atoms with Crippen molar-refractivity contribution in [3.05, 3.63) is 47.3 Å². The minimum atomic E-state index is 0.503. The number of benzene rings is 1. The molecule has 3 heterocycles. The van der Waals surface area contributed by atoms with Crippen LogP contribution in [0, 0.1) is 24.2 Å². The number of aryl methyl sites for hydroxylation is 1. The Kier molecular flexibility index (Phi) is 5.45. The highest BCUT2D eigenvalue weighted by Gasteiger charge is 2.33. The minimum absolute atomic E-state index is 0.503. The Balaban J connectivity index is 1.43. The summed E-state index contributed by atoms with van der Waals surface area (Å²) in [6.07, 6.45) is 4.79. The number of thioether (sulfide) groups is 1. The number of anilines is 1. The van der Waals surface area contributed by atoms with E-state index in [-0.39, 0.29) is 0 Å². The molecule has 2 aliphatic rings. The molecule has 8 heteroatoms. The van der Waals surface area contributed by atoms with Crippen LogP contribution in [0.5, 0.6) is 0 Å². The van der Waals surface area contributed by atoms with Crippen LogP contribution in [-0.2, 0) is 5.75 Å². The molecule has 0 spiro atoms. The van der Waals surface area contributed by atoms with Gasteiger partial charge in [0.25, 0.3) is 0 Å². The van der Waals surface area contributed by atoms with Gasteiger partial charge in [-0.15, -0.1) is 10.2 Å². The van der Waals surface area contributed by atoms with E-state index in [2.05, 4.69) is 37.8 Å². The van der Waals surface area contributed by atoms with Gasteiger partial charge in [0.05, 0.1) is 22.6 Å². The second kappa shape index (κ2) is 8.39. The molecule has 1 aliphatic carbocycles. The zero-order valence-corrected chi connectivity index (χ0v) is 18.8. The fourth-order valence-corrected chi connectivity index (χ4v) is 5.21. The van der Waals surface area contributed by atoms with E-state index in [9.17, 15) is 5.26 Å². The molecule has 1 saturated heterocycles. The van der Waals surface area contributed by atoms with Gasteiger partial charge in [0.1, 0.15) is 6.07 Å². The number of hydrogen-bond donors (Lipinski definition) is 0. The number of nitriles is 1. The fraction of sp³-hybridized carbons (Fsp3) is 0.478. The Labute approximate surface area is 187 Å². The van der Waals surface area contributed by atoms with Crippen molar-refractivity contribution in [2.45, 2.75) is 56.5 Å². The lowest BCUT2D eigenvalue weighted by molar-refractivity contribution is 0.429. The molecule has 2 fully saturated rings. The van der Waals surface area contributed by atoms with E-state index in [1.54, 1.807) is 11.8 Å². The summed E-state index contributed by atoms with van der Waals surface area (Å²) < 4.78 is 4.23. The predicted octanol–water partition coefficient (Wildman–Crippen LogP) is 4.51. The van der Waals surface area contributed by atoms with Crippen LogP contribution < -0.4 is 4.90 Å². The van der Waals surface area contributed by atoms with Crippen molar-refractivity contribution < 1.29 is 0 Å². The highest BCUT2D eigenvalue weighted by atomic mass is 32.2. The molecule has 3 aromatic rings. The largest absolute Gasteiger partial charge is 0.341 e. The topological polar surface area (TPSA) is 75.6 Å². The van der Waals surface area contributed by atoms with E-state index >= 15 is 0 Å². The third kappa shape index (κ3) is 3.94. The maximum absolute atomic E-state index is 9.75. The Morgan fingerprint density at radius 1 is 1.10 bits per heavy atom. The van der Waals surface area contributed by atoms with Crippen molar-refractivity contribution in [2.24, 2.45) is 5.92 Å². The lowest BCUT2D eigenvalue weighted by Gasteiger charge is -2.31. The van der Waals surface area contributed by atoms with Gasteiger partial charge in [0, 0.05) is 24.9 Å². The van der Waals surface area contributed by atoms with Crippen LogP contribution in [0.2, 0.25) is 0 Å². The molecule has 5 rings (SSSR count). The summed E-state index contributed by atoms with van der Waals surface area (Å²) in [5, 5.41) is 24.5. The van der Waals surface area contributed by atoms with Crippen LogP contribution in [0.3, 0.4) is 0 Å². The molecule has 1 aromatic carbocycles. The summed E-state index contributed by atoms with van der Waals surface area (Å²) in [5.41, 5.74) is 3.29. The maximum Gasteiger partial charge on any atom is 0.228 e. The van der Waals surface area contributed by atoms with E-state index in [0.717, 1.165) is 47.2 Å². The third-order valence-corrected chi connectivity index (χ3v) is 7.19. The molecule has 1 aliphatic heterocycles. The van der Waals surface area contributed by atoms with Gasteiger partial charge >= 0.3 is 0 Å². The van der Waals surface area contributed by atoms with Gasteiger partial charge in [-0.3, -0.25) is 4.57 Å². The zero-order valence-electron chi connectivity index (χ0n) is 18.0. The first kappa shape index (κ1) is 20.1. The second-order valence-corrected chi connectivity index (χ2v) is 9.55. The monoisotopic (exact) mass is 433 g/mol. The molecule has 7 nitrogen and oxygen atoms in total. The van der Waals surface area contributed by atoms with Gasteiger partial charge in [-0.05, 0) is 50.7 Å². The molecule has 0 atom stereocenters. The Morgan fingerprint density at radius 3 is 2.52 bits per heavy atom. The highest BCUT2D eigenvalue weighted by Crippen LogP contribution is 2.42. The van der Waals surface area contributed by atoms with Crippen molar-refractivity contribution in [3.8, 4) is 11.8 Å². The quantitative estimate of drug-likeness (QED) is 0.533. The van der Waals surface area contributed by atoms with Gasteiger partial charge in [-0.2, -0.15) is 10.4 Å². The number of nitrogens with zero attached hydrogens (tertiary/aromatic N) is 7. The number of piperidine rings is 1. The van der Waals surface area contributed by atoms with E-state index in [1.807, 2.05) is 41.9 Å². The first-order chi connectivity index (χ1) is 15.2. The van der Waals surface area contributed by atoms with E-state index in [0.29, 0.717) is 17.4 Å². The van der Waals surface area contributed by atoms with Crippen molar-refractivity contribution in [1.82, 2.24) is 24.5 Å². The molecule has 0 amide bonds. The highest BCUT2D eigenvalue weighted by molar-refractivity contribution is 7.98. The normalized spacial score (nSPS) is 17.1. The van der Waals surface area contributed by atoms with Gasteiger partial charge in [-0.1, -0.05) is 36.9 Å². The molecule has 0 N–H and O–H groups in total. The molecule has 160 valence electrons. The summed E-state index contributed by atoms with van der Waals surface area (Å²) in [4.78, 5) is 2.40. The summed E-state index contributed by atoms with van der Waals surface area (Å²) >= 11 is 1.66. The van der Waals surface area contributed by atoms with Crippen LogP contribution in [0.4, 0.5) is 5.95 Å². The standard InChI is InChI=1S/C23H27N7S/c1-16-10-12-28(13-11-16)22-25-26-23(29(22)18-8-9-18)31-15-21-20(14-24)17(2)27-30(21)19-6-4-3-5-7-19/h3-7,16,18H,8-13,15H2,1-2H3. The zero-order chi connectivity index (χ0) is 21.4. The van der Waals surface area contributed by atoms with Gasteiger partial charge < -0.3 is 4.90 Å². The SMILES string of the molecule is Cc1nn(-c2ccccc2)c(CSc2nnc(N3CCC(C)CC3)n2C2CC2)c1C#N. The van der Waals surface area contributed by atoms with E-state index in [4.69, 9.17) is 0 Å². The van der Waals surface area contributed by atoms with Crippen LogP contribution >= 0.6 is 11.8 Å². The first-order valence-corrected chi connectivity index (χ1v) is 12.0. The van der Waals surface area contributed by atoms with Crippen LogP contribution in [0.25, 0.3) is 5.69 Å². The average Bonchev–Trinajstić information content (AvgIpc) is 3.46. The van der Waals surface area contributed by atoms with Gasteiger partial charge in [0.2, 0.25) is 5.95 Å². The van der Waals surface area contributed by atoms with Crippen molar-refractivity contribution in [2.75, 3.05) is 18.0 Å². The Bertz CT molecular complexity index is 1100. The number of rotatable bonds is 6. The summed E-state index contributed by atoms with van der Waals surface area (Å²) in [6.45, 7) is 6.33. The third-order valence-electron chi connectivity index (χ3n) is 6.23. The molecular formula is C23H27N7S. The first-order valence-electron chi connectivity index (χ1n) is 11.0. The summed E-state index contributed by atoms with van der Waals surface area (Å²) in [7, 11) is 0. The summed E-state index contributed by atoms with van der Waals surface area (Å²) in [6, 6.07) is 12.9. The predicted molar refractivity (Wildman–Crippen MR) is 121 cm³/mol. The number of para-hydroxylation sites is 1. The van der Waals surface area contributed by atoms with E-state index in [1.165, 1.54) is 25.7 Å². The van der Waals surface area contributed by atoms with Crippen molar-refractivity contribution in [1.29, 1.82) is 5.26 Å². The minimum Gasteiger partial charge on any atom is -0.341 e. The molecule has 0 bridgehead atoms. The Hall–Kier alpha value is -2.79. The smallest absolute Gasteiger partial charge is 0.228 e. The molecule has 0 unspecified atom stereocenters. The van der Waals surface area contributed by atoms with Crippen molar-refractivity contribution >= 4 is 17.7 Å². The number of aromatic nitrogens is 5. The second-order valence-electron chi connectivity index (χ2n) is 8.61. The van der Waals surface area contributed by atoms with Crippen LogP contribution in [0.15, 0.2) is 35.5 Å². The fourth-order valence-electron chi connectivity index (χ4n) is 4.21. The molecule has 0 radical (unpaired) electrons. The van der Waals surface area contributed by atoms with Gasteiger partial charge in [0.15, 0.2) is 5.16 Å². The van der Waals surface area contributed by atoms with Crippen LogP contribution in [-0.4, -0.2) is 37.6 Å². The van der Waals surface area contributed by atoms with E-state index < -0.39 is 0 Å². The molecule has 2 aromatic heterocycles. The summed E-state index contributed by atoms with van der Waals surface area (Å²) in [5.74, 6) is 2.43. The lowest BCUT2D eigenvalue weighted by atomic mass is 10.00. The van der Waals surface area contributed by atoms with Gasteiger partial charge in [-0.25, -0.2) is 4.68 Å². The number of hydrogen-bond acceptors (Lipinski definition) is 6. The average molecular weight is 434 g/mol. The van der Waals surface area contributed by atoms with Crippen LogP contribution in [0.1, 0.15) is 55.6 Å². The molecule has 1 saturated carbocycles. The molecular weight excluding hydrogens is 406 g/mol. The maximum atomic E-state index is 9.75.